The van der Waals surface area contributed by atoms with Crippen molar-refractivity contribution in [1.29, 1.82) is 0 Å². The molecule has 11 heavy (non-hydrogen) atoms. The maximum atomic E-state index is 12.4. The number of hydrogen-bond donors (Lipinski definition) is 1. The standard InChI is InChI=1S/C7H3ClFNO/c1-2-5-4(8)3-6(11)7(9)10-5/h1,3,11H. The van der Waals surface area contributed by atoms with Gasteiger partial charge in [-0.2, -0.15) is 4.39 Å². The van der Waals surface area contributed by atoms with Crippen molar-refractivity contribution in [3.05, 3.63) is 22.7 Å². The van der Waals surface area contributed by atoms with Gasteiger partial charge in [0.1, 0.15) is 5.69 Å². The molecule has 1 aromatic heterocycles. The Kier molecular flexibility index (Phi) is 1.97. The summed E-state index contributed by atoms with van der Waals surface area (Å²) in [4.78, 5) is 3.21. The molecule has 1 N–H and O–H groups in total. The maximum absolute atomic E-state index is 12.4. The SMILES string of the molecule is C#Cc1nc(F)c(O)cc1Cl. The molecule has 1 rings (SSSR count). The van der Waals surface area contributed by atoms with E-state index in [-0.39, 0.29) is 10.7 Å². The third-order valence-electron chi connectivity index (χ3n) is 1.05. The summed E-state index contributed by atoms with van der Waals surface area (Å²) in [5.74, 6) is 0.455. The molecule has 0 aliphatic carbocycles. The number of hydrogen-bond acceptors (Lipinski definition) is 2. The fourth-order valence-electron chi connectivity index (χ4n) is 0.558. The van der Waals surface area contributed by atoms with Crippen LogP contribution in [0.2, 0.25) is 5.02 Å². The average molecular weight is 172 g/mol. The Bertz CT molecular complexity index is 332. The second-order valence-corrected chi connectivity index (χ2v) is 2.18. The molecule has 2 nitrogen and oxygen atoms in total. The van der Waals surface area contributed by atoms with Crippen LogP contribution in [0.1, 0.15) is 5.69 Å². The van der Waals surface area contributed by atoms with Gasteiger partial charge in [-0.05, 0) is 5.92 Å². The van der Waals surface area contributed by atoms with Gasteiger partial charge in [0.2, 0.25) is 0 Å². The van der Waals surface area contributed by atoms with Gasteiger partial charge in [-0.25, -0.2) is 4.98 Å². The summed E-state index contributed by atoms with van der Waals surface area (Å²) >= 11 is 5.47. The molecule has 0 aromatic carbocycles. The van der Waals surface area contributed by atoms with Gasteiger partial charge >= 0.3 is 0 Å². The lowest BCUT2D eigenvalue weighted by Gasteiger charge is -1.96. The molecule has 4 heteroatoms. The minimum Gasteiger partial charge on any atom is -0.504 e. The Morgan fingerprint density at radius 1 is 1.73 bits per heavy atom. The topological polar surface area (TPSA) is 33.1 Å². The first-order valence-corrected chi connectivity index (χ1v) is 3.04. The number of aromatic hydroxyl groups is 1. The smallest absolute Gasteiger partial charge is 0.256 e. The minimum atomic E-state index is -1.01. The molecule has 56 valence electrons. The van der Waals surface area contributed by atoms with E-state index in [2.05, 4.69) is 10.9 Å². The quantitative estimate of drug-likeness (QED) is 0.475. The lowest BCUT2D eigenvalue weighted by atomic mass is 10.3. The van der Waals surface area contributed by atoms with Gasteiger partial charge in [-0.15, -0.1) is 6.42 Å². The molecule has 0 atom stereocenters. The third-order valence-corrected chi connectivity index (χ3v) is 1.34. The molecule has 0 saturated carbocycles. The summed E-state index contributed by atoms with van der Waals surface area (Å²) in [5, 5.41) is 8.79. The molecular weight excluding hydrogens is 169 g/mol. The van der Waals surface area contributed by atoms with Gasteiger partial charge in [0.05, 0.1) is 5.02 Å². The normalized spacial score (nSPS) is 9.18. The first-order valence-electron chi connectivity index (χ1n) is 2.66. The highest BCUT2D eigenvalue weighted by Crippen LogP contribution is 2.21. The van der Waals surface area contributed by atoms with Crippen molar-refractivity contribution in [1.82, 2.24) is 4.98 Å². The van der Waals surface area contributed by atoms with E-state index in [4.69, 9.17) is 23.1 Å². The lowest BCUT2D eigenvalue weighted by Crippen LogP contribution is -1.89. The molecule has 0 unspecified atom stereocenters. The number of rotatable bonds is 0. The van der Waals surface area contributed by atoms with E-state index in [1.54, 1.807) is 0 Å². The predicted molar refractivity (Wildman–Crippen MR) is 38.8 cm³/mol. The summed E-state index contributed by atoms with van der Waals surface area (Å²) < 4.78 is 12.4. The van der Waals surface area contributed by atoms with Gasteiger partial charge < -0.3 is 5.11 Å². The second kappa shape index (κ2) is 2.77. The highest BCUT2D eigenvalue weighted by Gasteiger charge is 2.06. The van der Waals surface area contributed by atoms with E-state index in [9.17, 15) is 4.39 Å². The van der Waals surface area contributed by atoms with E-state index in [0.29, 0.717) is 0 Å². The van der Waals surface area contributed by atoms with E-state index >= 15 is 0 Å². The Morgan fingerprint density at radius 3 is 2.91 bits per heavy atom. The third kappa shape index (κ3) is 1.41. The largest absolute Gasteiger partial charge is 0.504 e. The van der Waals surface area contributed by atoms with Crippen molar-refractivity contribution in [2.45, 2.75) is 0 Å². The van der Waals surface area contributed by atoms with Crippen molar-refractivity contribution in [3.8, 4) is 18.1 Å². The highest BCUT2D eigenvalue weighted by molar-refractivity contribution is 6.31. The van der Waals surface area contributed by atoms with E-state index < -0.39 is 11.7 Å². The van der Waals surface area contributed by atoms with Crippen molar-refractivity contribution >= 4 is 11.6 Å². The van der Waals surface area contributed by atoms with Gasteiger partial charge in [-0.1, -0.05) is 11.6 Å². The Morgan fingerprint density at radius 2 is 2.36 bits per heavy atom. The molecule has 0 aliphatic rings. The van der Waals surface area contributed by atoms with Crippen LogP contribution in [0, 0.1) is 18.3 Å². The van der Waals surface area contributed by atoms with E-state index in [1.165, 1.54) is 0 Å². The van der Waals surface area contributed by atoms with Crippen LogP contribution in [0.15, 0.2) is 6.07 Å². The van der Waals surface area contributed by atoms with Gasteiger partial charge in [-0.3, -0.25) is 0 Å². The second-order valence-electron chi connectivity index (χ2n) is 1.77. The molecule has 0 bridgehead atoms. The molecule has 0 saturated heterocycles. The first-order chi connectivity index (χ1) is 5.15. The molecular formula is C7H3ClFNO. The maximum Gasteiger partial charge on any atom is 0.256 e. The van der Waals surface area contributed by atoms with Crippen LogP contribution < -0.4 is 0 Å². The van der Waals surface area contributed by atoms with Crippen molar-refractivity contribution in [2.75, 3.05) is 0 Å². The minimum absolute atomic E-state index is 0.0121. The fraction of sp³-hybridized carbons (Fsp3) is 0. The van der Waals surface area contributed by atoms with Gasteiger partial charge in [0, 0.05) is 6.07 Å². The van der Waals surface area contributed by atoms with Crippen molar-refractivity contribution in [3.63, 3.8) is 0 Å². The lowest BCUT2D eigenvalue weighted by molar-refractivity contribution is 0.418. The summed E-state index contributed by atoms with van der Waals surface area (Å²) in [7, 11) is 0. The van der Waals surface area contributed by atoms with Crippen LogP contribution in [-0.2, 0) is 0 Å². The van der Waals surface area contributed by atoms with E-state index in [0.717, 1.165) is 6.07 Å². The van der Waals surface area contributed by atoms with Crippen LogP contribution >= 0.6 is 11.6 Å². The Labute approximate surface area is 67.6 Å². The molecule has 1 heterocycles. The van der Waals surface area contributed by atoms with Gasteiger partial charge in [0.25, 0.3) is 5.95 Å². The van der Waals surface area contributed by atoms with Crippen LogP contribution in [0.3, 0.4) is 0 Å². The van der Waals surface area contributed by atoms with Crippen LogP contribution in [0.25, 0.3) is 0 Å². The molecule has 0 aliphatic heterocycles. The molecule has 0 radical (unpaired) electrons. The van der Waals surface area contributed by atoms with Gasteiger partial charge in [0.15, 0.2) is 5.75 Å². The number of aromatic nitrogens is 1. The van der Waals surface area contributed by atoms with Crippen LogP contribution in [0.5, 0.6) is 5.75 Å². The first kappa shape index (κ1) is 7.83. The zero-order chi connectivity index (χ0) is 8.43. The van der Waals surface area contributed by atoms with Crippen LogP contribution in [0.4, 0.5) is 4.39 Å². The summed E-state index contributed by atoms with van der Waals surface area (Å²) in [6.07, 6.45) is 4.92. The Balaban J connectivity index is 3.35. The zero-order valence-corrected chi connectivity index (χ0v) is 6.06. The summed E-state index contributed by atoms with van der Waals surface area (Å²) in [6, 6.07) is 1.01. The average Bonchev–Trinajstić information content (AvgIpc) is 1.97. The number of nitrogens with zero attached hydrogens (tertiary/aromatic N) is 1. The molecule has 1 aromatic rings. The van der Waals surface area contributed by atoms with Crippen LogP contribution in [-0.4, -0.2) is 10.1 Å². The predicted octanol–water partition coefficient (Wildman–Crippen LogP) is 1.56. The number of terminal acetylenes is 1. The summed E-state index contributed by atoms with van der Waals surface area (Å²) in [6.45, 7) is 0. The fourth-order valence-corrected chi connectivity index (χ4v) is 0.758. The number of pyridine rings is 1. The van der Waals surface area contributed by atoms with Crippen molar-refractivity contribution in [2.24, 2.45) is 0 Å². The molecule has 0 amide bonds. The van der Waals surface area contributed by atoms with Crippen molar-refractivity contribution < 1.29 is 9.50 Å². The zero-order valence-electron chi connectivity index (χ0n) is 5.31. The number of halogens is 2. The monoisotopic (exact) mass is 171 g/mol. The Hall–Kier alpha value is -1.27. The highest BCUT2D eigenvalue weighted by atomic mass is 35.5. The summed E-state index contributed by atoms with van der Waals surface area (Å²) in [5.41, 5.74) is -0.0121. The molecule has 0 spiro atoms. The molecule has 0 fully saturated rings. The van der Waals surface area contributed by atoms with E-state index in [1.807, 2.05) is 0 Å².